The minimum absolute atomic E-state index is 0.0758. The van der Waals surface area contributed by atoms with E-state index in [1.807, 2.05) is 0 Å². The number of rotatable bonds is 32. The van der Waals surface area contributed by atoms with Crippen molar-refractivity contribution in [1.29, 1.82) is 0 Å². The summed E-state index contributed by atoms with van der Waals surface area (Å²) >= 11 is 0. The van der Waals surface area contributed by atoms with E-state index in [2.05, 4.69) is 74.6 Å². The Morgan fingerprint density at radius 1 is 0.523 bits per heavy atom. The van der Waals surface area contributed by atoms with Gasteiger partial charge in [-0.15, -0.1) is 0 Å². The number of carboxylic acid groups (broad SMARTS) is 1. The number of carboxylic acids is 1. The van der Waals surface area contributed by atoms with Crippen LogP contribution in [0, 0.1) is 0 Å². The number of hydrogen-bond donors (Lipinski definition) is 1. The van der Waals surface area contributed by atoms with Gasteiger partial charge in [0.25, 0.3) is 0 Å². The highest BCUT2D eigenvalue weighted by Crippen LogP contribution is 2.18. The molecule has 4 nitrogen and oxygen atoms in total. The van der Waals surface area contributed by atoms with Crippen LogP contribution in [0.2, 0.25) is 0 Å². The summed E-state index contributed by atoms with van der Waals surface area (Å²) in [4.78, 5) is 23.4. The van der Waals surface area contributed by atoms with Crippen molar-refractivity contribution in [2.24, 2.45) is 0 Å². The van der Waals surface area contributed by atoms with Gasteiger partial charge in [0.1, 0.15) is 6.10 Å². The first-order valence-corrected chi connectivity index (χ1v) is 18.3. The van der Waals surface area contributed by atoms with Gasteiger partial charge in [0.15, 0.2) is 0 Å². The Kier molecular flexibility index (Phi) is 33.2. The van der Waals surface area contributed by atoms with E-state index in [9.17, 15) is 9.59 Å². The molecule has 0 aliphatic rings. The summed E-state index contributed by atoms with van der Waals surface area (Å²) in [5.41, 5.74) is 0. The SMILES string of the molecule is CC/C=C\C/C=C\C/C=C\C/C=C\C/C=C\CCCC(=O)OC(CCCCCCCCCCCCCC)CCCCC(=O)O. The molecule has 1 atom stereocenters. The summed E-state index contributed by atoms with van der Waals surface area (Å²) in [7, 11) is 0. The van der Waals surface area contributed by atoms with Crippen LogP contribution in [0.3, 0.4) is 0 Å². The van der Waals surface area contributed by atoms with Gasteiger partial charge in [-0.25, -0.2) is 0 Å². The molecular weight excluding hydrogens is 544 g/mol. The molecule has 0 saturated carbocycles. The third-order valence-electron chi connectivity index (χ3n) is 7.75. The number of unbranched alkanes of at least 4 members (excludes halogenated alkanes) is 13. The Hall–Kier alpha value is -2.36. The van der Waals surface area contributed by atoms with Crippen molar-refractivity contribution in [3.8, 4) is 0 Å². The first kappa shape index (κ1) is 41.6. The van der Waals surface area contributed by atoms with Crippen LogP contribution in [0.4, 0.5) is 0 Å². The van der Waals surface area contributed by atoms with Crippen LogP contribution in [0.1, 0.15) is 174 Å². The molecule has 0 heterocycles. The van der Waals surface area contributed by atoms with Crippen molar-refractivity contribution in [2.45, 2.75) is 180 Å². The standard InChI is InChI=1S/C40H68O4/c1-3-5-7-9-11-13-15-17-18-19-20-21-23-25-27-29-31-37-40(43)44-38(35-32-33-36-39(41)42)34-30-28-26-24-22-16-14-12-10-8-6-4-2/h5,7,11,13,17-18,20-21,25,27,38H,3-4,6,8-10,12,14-16,19,22-24,26,28-37H2,1-2H3,(H,41,42)/b7-5-,13-11-,18-17-,21-20-,27-25-. The predicted octanol–water partition coefficient (Wildman–Crippen LogP) is 12.6. The second-order valence-electron chi connectivity index (χ2n) is 12.0. The van der Waals surface area contributed by atoms with E-state index in [0.717, 1.165) is 70.6 Å². The van der Waals surface area contributed by atoms with E-state index in [1.54, 1.807) is 0 Å². The lowest BCUT2D eigenvalue weighted by Crippen LogP contribution is -2.18. The molecule has 1 unspecified atom stereocenters. The number of aliphatic carboxylic acids is 1. The fraction of sp³-hybridized carbons (Fsp3) is 0.700. The van der Waals surface area contributed by atoms with Gasteiger partial charge < -0.3 is 9.84 Å². The van der Waals surface area contributed by atoms with Gasteiger partial charge in [0, 0.05) is 12.8 Å². The Morgan fingerprint density at radius 2 is 0.955 bits per heavy atom. The van der Waals surface area contributed by atoms with Crippen LogP contribution < -0.4 is 0 Å². The van der Waals surface area contributed by atoms with Crippen molar-refractivity contribution in [1.82, 2.24) is 0 Å². The first-order chi connectivity index (χ1) is 21.6. The van der Waals surface area contributed by atoms with Crippen LogP contribution in [0.5, 0.6) is 0 Å². The van der Waals surface area contributed by atoms with Gasteiger partial charge in [0.05, 0.1) is 0 Å². The summed E-state index contributed by atoms with van der Waals surface area (Å²) < 4.78 is 5.85. The van der Waals surface area contributed by atoms with Crippen LogP contribution in [0.25, 0.3) is 0 Å². The van der Waals surface area contributed by atoms with Crippen molar-refractivity contribution < 1.29 is 19.4 Å². The van der Waals surface area contributed by atoms with Crippen LogP contribution >= 0.6 is 0 Å². The quantitative estimate of drug-likeness (QED) is 0.0466. The minimum Gasteiger partial charge on any atom is -0.481 e. The molecule has 0 aliphatic heterocycles. The van der Waals surface area contributed by atoms with E-state index < -0.39 is 5.97 Å². The Labute approximate surface area is 272 Å². The van der Waals surface area contributed by atoms with Gasteiger partial charge in [-0.05, 0) is 77.0 Å². The maximum absolute atomic E-state index is 12.5. The van der Waals surface area contributed by atoms with Crippen molar-refractivity contribution in [3.63, 3.8) is 0 Å². The molecular formula is C40H68O4. The minimum atomic E-state index is -0.755. The molecule has 1 N–H and O–H groups in total. The lowest BCUT2D eigenvalue weighted by Gasteiger charge is -2.18. The lowest BCUT2D eigenvalue weighted by molar-refractivity contribution is -0.150. The molecule has 0 aliphatic carbocycles. The maximum atomic E-state index is 12.5. The molecule has 44 heavy (non-hydrogen) atoms. The molecule has 0 radical (unpaired) electrons. The molecule has 0 aromatic rings. The van der Waals surface area contributed by atoms with E-state index >= 15 is 0 Å². The number of allylic oxidation sites excluding steroid dienone is 10. The number of ether oxygens (including phenoxy) is 1. The van der Waals surface area contributed by atoms with E-state index in [4.69, 9.17) is 9.84 Å². The van der Waals surface area contributed by atoms with Crippen LogP contribution in [-0.4, -0.2) is 23.1 Å². The van der Waals surface area contributed by atoms with Gasteiger partial charge in [-0.3, -0.25) is 9.59 Å². The Morgan fingerprint density at radius 3 is 1.43 bits per heavy atom. The van der Waals surface area contributed by atoms with Gasteiger partial charge in [-0.1, -0.05) is 145 Å². The number of carbonyl (C=O) groups excluding carboxylic acids is 1. The van der Waals surface area contributed by atoms with Gasteiger partial charge in [-0.2, -0.15) is 0 Å². The normalized spacial score (nSPS) is 13.0. The van der Waals surface area contributed by atoms with Gasteiger partial charge in [0.2, 0.25) is 0 Å². The van der Waals surface area contributed by atoms with Crippen molar-refractivity contribution >= 4 is 11.9 Å². The van der Waals surface area contributed by atoms with Crippen molar-refractivity contribution in [3.05, 3.63) is 60.8 Å². The predicted molar refractivity (Wildman–Crippen MR) is 190 cm³/mol. The zero-order chi connectivity index (χ0) is 32.2. The topological polar surface area (TPSA) is 63.6 Å². The van der Waals surface area contributed by atoms with E-state index in [1.165, 1.54) is 70.6 Å². The highest BCUT2D eigenvalue weighted by molar-refractivity contribution is 5.69. The van der Waals surface area contributed by atoms with Gasteiger partial charge >= 0.3 is 11.9 Å². The summed E-state index contributed by atoms with van der Waals surface area (Å²) in [6, 6.07) is 0. The number of carbonyl (C=O) groups is 2. The molecule has 4 heteroatoms. The summed E-state index contributed by atoms with van der Waals surface area (Å²) in [6.07, 6.45) is 48.0. The summed E-state index contributed by atoms with van der Waals surface area (Å²) in [6.45, 7) is 4.42. The number of esters is 1. The summed E-state index contributed by atoms with van der Waals surface area (Å²) in [5.74, 6) is -0.867. The molecule has 0 rings (SSSR count). The molecule has 0 fully saturated rings. The largest absolute Gasteiger partial charge is 0.481 e. The molecule has 0 spiro atoms. The van der Waals surface area contributed by atoms with Crippen LogP contribution in [0.15, 0.2) is 60.8 Å². The fourth-order valence-electron chi connectivity index (χ4n) is 5.10. The van der Waals surface area contributed by atoms with E-state index in [0.29, 0.717) is 12.8 Å². The smallest absolute Gasteiger partial charge is 0.306 e. The summed E-state index contributed by atoms with van der Waals surface area (Å²) in [5, 5.41) is 8.92. The maximum Gasteiger partial charge on any atom is 0.306 e. The highest BCUT2D eigenvalue weighted by Gasteiger charge is 2.14. The molecule has 252 valence electrons. The second kappa shape index (κ2) is 35.1. The van der Waals surface area contributed by atoms with Crippen molar-refractivity contribution in [2.75, 3.05) is 0 Å². The zero-order valence-corrected chi connectivity index (χ0v) is 28.7. The first-order valence-electron chi connectivity index (χ1n) is 18.3. The molecule has 0 amide bonds. The Balaban J connectivity index is 4.05. The highest BCUT2D eigenvalue weighted by atomic mass is 16.5. The number of hydrogen-bond acceptors (Lipinski definition) is 3. The molecule has 0 bridgehead atoms. The average Bonchev–Trinajstić information content (AvgIpc) is 3.01. The molecule has 0 aromatic heterocycles. The Bertz CT molecular complexity index is 789. The fourth-order valence-corrected chi connectivity index (χ4v) is 5.10. The molecule has 0 aromatic carbocycles. The zero-order valence-electron chi connectivity index (χ0n) is 28.7. The third-order valence-corrected chi connectivity index (χ3v) is 7.75. The average molecular weight is 613 g/mol. The lowest BCUT2D eigenvalue weighted by atomic mass is 10.0. The monoisotopic (exact) mass is 613 g/mol. The molecule has 0 saturated heterocycles. The second-order valence-corrected chi connectivity index (χ2v) is 12.0. The van der Waals surface area contributed by atoms with E-state index in [-0.39, 0.29) is 18.5 Å². The third kappa shape index (κ3) is 34.1. The van der Waals surface area contributed by atoms with Crippen LogP contribution in [-0.2, 0) is 14.3 Å².